The summed E-state index contributed by atoms with van der Waals surface area (Å²) in [5.41, 5.74) is 0.835. The number of hydrogen-bond donors (Lipinski definition) is 2. The van der Waals surface area contributed by atoms with Crippen LogP contribution >= 0.6 is 11.6 Å². The quantitative estimate of drug-likeness (QED) is 0.865. The normalized spacial score (nSPS) is 23.9. The van der Waals surface area contributed by atoms with Gasteiger partial charge in [0.25, 0.3) is 0 Å². The van der Waals surface area contributed by atoms with Gasteiger partial charge in [-0.05, 0) is 49.6 Å². The highest BCUT2D eigenvalue weighted by atomic mass is 35.5. The second kappa shape index (κ2) is 5.25. The van der Waals surface area contributed by atoms with Gasteiger partial charge in [0, 0.05) is 10.6 Å². The van der Waals surface area contributed by atoms with Gasteiger partial charge in [-0.15, -0.1) is 0 Å². The van der Waals surface area contributed by atoms with Crippen molar-refractivity contribution in [2.45, 2.75) is 24.8 Å². The Hall–Kier alpha value is -0.770. The van der Waals surface area contributed by atoms with Crippen molar-refractivity contribution in [3.05, 3.63) is 28.8 Å². The highest BCUT2D eigenvalue weighted by molar-refractivity contribution is 6.30. The number of aliphatic hydroxyl groups is 1. The van der Waals surface area contributed by atoms with Gasteiger partial charge in [0.05, 0.1) is 13.7 Å². The number of aliphatic hydroxyl groups excluding tert-OH is 1. The van der Waals surface area contributed by atoms with Crippen molar-refractivity contribution < 1.29 is 9.84 Å². The molecule has 0 aromatic heterocycles. The predicted octanol–water partition coefficient (Wildman–Crippen LogP) is 2.01. The van der Waals surface area contributed by atoms with Gasteiger partial charge in [0.2, 0.25) is 0 Å². The molecule has 0 bridgehead atoms. The number of rotatable bonds is 4. The number of halogens is 1. The zero-order valence-electron chi connectivity index (χ0n) is 10.0. The van der Waals surface area contributed by atoms with Gasteiger partial charge >= 0.3 is 0 Å². The van der Waals surface area contributed by atoms with Crippen molar-refractivity contribution in [1.29, 1.82) is 0 Å². The van der Waals surface area contributed by atoms with E-state index in [4.69, 9.17) is 16.3 Å². The largest absolute Gasteiger partial charge is 0.496 e. The molecule has 0 amide bonds. The molecule has 1 unspecified atom stereocenters. The Bertz CT molecular complexity index is 389. The van der Waals surface area contributed by atoms with Crippen LogP contribution in [0.25, 0.3) is 0 Å². The van der Waals surface area contributed by atoms with Gasteiger partial charge in [-0.2, -0.15) is 0 Å². The Labute approximate surface area is 107 Å². The maximum absolute atomic E-state index is 9.57. The van der Waals surface area contributed by atoms with Crippen molar-refractivity contribution in [2.75, 3.05) is 20.3 Å². The topological polar surface area (TPSA) is 41.5 Å². The Morgan fingerprint density at radius 3 is 2.94 bits per heavy atom. The van der Waals surface area contributed by atoms with Crippen LogP contribution in [0.3, 0.4) is 0 Å². The number of hydrogen-bond acceptors (Lipinski definition) is 3. The Balaban J connectivity index is 2.24. The molecule has 3 nitrogen and oxygen atoms in total. The Morgan fingerprint density at radius 1 is 1.53 bits per heavy atom. The van der Waals surface area contributed by atoms with Crippen molar-refractivity contribution in [3.8, 4) is 5.75 Å². The fraction of sp³-hybridized carbons (Fsp3) is 0.538. The summed E-state index contributed by atoms with van der Waals surface area (Å²) in [6.07, 6.45) is 2.83. The third kappa shape index (κ3) is 2.73. The van der Waals surface area contributed by atoms with Gasteiger partial charge in [0.15, 0.2) is 0 Å². The maximum atomic E-state index is 9.57. The van der Waals surface area contributed by atoms with Gasteiger partial charge < -0.3 is 15.2 Å². The standard InChI is InChI=1S/C13H18ClNO2/c1-17-12-4-3-11(14)7-10(12)8-13(9-16)5-2-6-15-13/h3-4,7,15-16H,2,5-6,8-9H2,1H3. The molecule has 1 fully saturated rings. The number of benzene rings is 1. The molecule has 2 rings (SSSR count). The molecule has 4 heteroatoms. The SMILES string of the molecule is COc1ccc(Cl)cc1CC1(CO)CCCN1. The fourth-order valence-corrected chi connectivity index (χ4v) is 2.66. The summed E-state index contributed by atoms with van der Waals surface area (Å²) in [6.45, 7) is 1.10. The number of nitrogens with one attached hydrogen (secondary N) is 1. The minimum absolute atomic E-state index is 0.142. The van der Waals surface area contributed by atoms with E-state index in [0.717, 1.165) is 37.1 Å². The van der Waals surface area contributed by atoms with E-state index in [-0.39, 0.29) is 12.1 Å². The molecule has 1 saturated heterocycles. The summed E-state index contributed by atoms with van der Waals surface area (Å²) in [7, 11) is 1.65. The van der Waals surface area contributed by atoms with Crippen molar-refractivity contribution in [3.63, 3.8) is 0 Å². The first-order valence-electron chi connectivity index (χ1n) is 5.87. The lowest BCUT2D eigenvalue weighted by molar-refractivity contribution is 0.176. The fourth-order valence-electron chi connectivity index (χ4n) is 2.46. The molecule has 1 aliphatic rings. The lowest BCUT2D eigenvalue weighted by Crippen LogP contribution is -2.45. The van der Waals surface area contributed by atoms with Crippen LogP contribution in [-0.4, -0.2) is 30.9 Å². The summed E-state index contributed by atoms with van der Waals surface area (Å²) in [4.78, 5) is 0. The van der Waals surface area contributed by atoms with Crippen LogP contribution in [0.4, 0.5) is 0 Å². The van der Waals surface area contributed by atoms with E-state index in [1.54, 1.807) is 7.11 Å². The Morgan fingerprint density at radius 2 is 2.35 bits per heavy atom. The molecule has 0 radical (unpaired) electrons. The average molecular weight is 256 g/mol. The molecule has 1 aromatic carbocycles. The molecule has 1 atom stereocenters. The van der Waals surface area contributed by atoms with Crippen LogP contribution in [0.5, 0.6) is 5.75 Å². The van der Waals surface area contributed by atoms with Gasteiger partial charge in [0.1, 0.15) is 5.75 Å². The highest BCUT2D eigenvalue weighted by Crippen LogP contribution is 2.30. The third-order valence-electron chi connectivity index (χ3n) is 3.41. The molecule has 94 valence electrons. The minimum atomic E-state index is -0.210. The zero-order chi connectivity index (χ0) is 12.3. The van der Waals surface area contributed by atoms with Crippen LogP contribution in [0.1, 0.15) is 18.4 Å². The summed E-state index contributed by atoms with van der Waals surface area (Å²) in [5, 5.41) is 13.7. The summed E-state index contributed by atoms with van der Waals surface area (Å²) in [5.74, 6) is 0.830. The molecule has 1 aliphatic heterocycles. The van der Waals surface area contributed by atoms with E-state index in [1.165, 1.54) is 0 Å². The first kappa shape index (κ1) is 12.7. The van der Waals surface area contributed by atoms with E-state index >= 15 is 0 Å². The summed E-state index contributed by atoms with van der Waals surface area (Å²) in [6, 6.07) is 5.60. The van der Waals surface area contributed by atoms with Crippen molar-refractivity contribution in [1.82, 2.24) is 5.32 Å². The molecule has 0 saturated carbocycles. The van der Waals surface area contributed by atoms with E-state index in [9.17, 15) is 5.11 Å². The molecule has 2 N–H and O–H groups in total. The lowest BCUT2D eigenvalue weighted by Gasteiger charge is -2.28. The molecular weight excluding hydrogens is 238 g/mol. The predicted molar refractivity (Wildman–Crippen MR) is 68.8 cm³/mol. The minimum Gasteiger partial charge on any atom is -0.496 e. The second-order valence-electron chi connectivity index (χ2n) is 4.60. The van der Waals surface area contributed by atoms with E-state index in [1.807, 2.05) is 18.2 Å². The van der Waals surface area contributed by atoms with Crippen LogP contribution in [-0.2, 0) is 6.42 Å². The van der Waals surface area contributed by atoms with E-state index in [0.29, 0.717) is 5.02 Å². The highest BCUT2D eigenvalue weighted by Gasteiger charge is 2.33. The third-order valence-corrected chi connectivity index (χ3v) is 3.64. The Kier molecular flexibility index (Phi) is 3.92. The van der Waals surface area contributed by atoms with Crippen LogP contribution in [0.15, 0.2) is 18.2 Å². The maximum Gasteiger partial charge on any atom is 0.122 e. The van der Waals surface area contributed by atoms with Crippen LogP contribution in [0.2, 0.25) is 5.02 Å². The molecule has 0 aliphatic carbocycles. The molecular formula is C13H18ClNO2. The van der Waals surface area contributed by atoms with Crippen LogP contribution < -0.4 is 10.1 Å². The first-order valence-corrected chi connectivity index (χ1v) is 6.25. The van der Waals surface area contributed by atoms with Gasteiger partial charge in [-0.25, -0.2) is 0 Å². The molecule has 0 spiro atoms. The van der Waals surface area contributed by atoms with E-state index < -0.39 is 0 Å². The summed E-state index contributed by atoms with van der Waals surface area (Å²) < 4.78 is 5.33. The average Bonchev–Trinajstić information content (AvgIpc) is 2.79. The number of ether oxygens (including phenoxy) is 1. The van der Waals surface area contributed by atoms with Gasteiger partial charge in [-0.1, -0.05) is 11.6 Å². The van der Waals surface area contributed by atoms with Gasteiger partial charge in [-0.3, -0.25) is 0 Å². The van der Waals surface area contributed by atoms with Crippen molar-refractivity contribution >= 4 is 11.6 Å². The summed E-state index contributed by atoms with van der Waals surface area (Å²) >= 11 is 6.01. The van der Waals surface area contributed by atoms with E-state index in [2.05, 4.69) is 5.32 Å². The molecule has 17 heavy (non-hydrogen) atoms. The second-order valence-corrected chi connectivity index (χ2v) is 5.04. The monoisotopic (exact) mass is 255 g/mol. The van der Waals surface area contributed by atoms with Crippen LogP contribution in [0, 0.1) is 0 Å². The van der Waals surface area contributed by atoms with Crippen molar-refractivity contribution in [2.24, 2.45) is 0 Å². The first-order chi connectivity index (χ1) is 8.19. The molecule has 1 aromatic rings. The molecule has 1 heterocycles. The zero-order valence-corrected chi connectivity index (χ0v) is 10.8. The lowest BCUT2D eigenvalue weighted by atomic mass is 9.90. The smallest absolute Gasteiger partial charge is 0.122 e. The number of methoxy groups -OCH3 is 1.